The summed E-state index contributed by atoms with van der Waals surface area (Å²) >= 11 is 0. The van der Waals surface area contributed by atoms with Crippen molar-refractivity contribution >= 4 is 11.3 Å². The minimum atomic E-state index is 0.0737. The monoisotopic (exact) mass is 376 g/mol. The minimum Gasteiger partial charge on any atom is -0.369 e. The van der Waals surface area contributed by atoms with Crippen LogP contribution < -0.4 is 10.5 Å². The number of hydrogen-bond donors (Lipinski definition) is 0. The molecule has 0 spiro atoms. The van der Waals surface area contributed by atoms with Gasteiger partial charge < -0.3 is 4.90 Å². The van der Waals surface area contributed by atoms with Crippen LogP contribution in [0.25, 0.3) is 5.65 Å². The van der Waals surface area contributed by atoms with Crippen LogP contribution in [0.4, 0.5) is 5.69 Å². The third-order valence-electron chi connectivity index (χ3n) is 5.69. The molecule has 5 nitrogen and oxygen atoms in total. The minimum absolute atomic E-state index is 0.0737. The molecule has 3 heterocycles. The van der Waals surface area contributed by atoms with E-state index in [4.69, 9.17) is 0 Å². The van der Waals surface area contributed by atoms with Gasteiger partial charge in [0.25, 0.3) is 5.56 Å². The highest BCUT2D eigenvalue weighted by atomic mass is 16.1. The zero-order valence-corrected chi connectivity index (χ0v) is 17.0. The van der Waals surface area contributed by atoms with Crippen LogP contribution in [0.3, 0.4) is 0 Å². The van der Waals surface area contributed by atoms with E-state index in [0.29, 0.717) is 0 Å². The molecule has 2 aromatic heterocycles. The van der Waals surface area contributed by atoms with Crippen LogP contribution in [0.5, 0.6) is 0 Å². The fraction of sp³-hybridized carbons (Fsp3) is 0.391. The molecule has 28 heavy (non-hydrogen) atoms. The van der Waals surface area contributed by atoms with Gasteiger partial charge in [-0.05, 0) is 56.5 Å². The zero-order valence-electron chi connectivity index (χ0n) is 17.0. The molecule has 4 rings (SSSR count). The fourth-order valence-corrected chi connectivity index (χ4v) is 4.00. The second kappa shape index (κ2) is 7.76. The van der Waals surface area contributed by atoms with E-state index in [1.807, 2.05) is 32.2 Å². The number of piperazine rings is 1. The molecule has 1 fully saturated rings. The normalized spacial score (nSPS) is 15.3. The van der Waals surface area contributed by atoms with Gasteiger partial charge >= 0.3 is 0 Å². The second-order valence-electron chi connectivity index (χ2n) is 7.83. The smallest absolute Gasteiger partial charge is 0.261 e. The van der Waals surface area contributed by atoms with Crippen LogP contribution in [-0.4, -0.2) is 47.0 Å². The maximum absolute atomic E-state index is 12.9. The van der Waals surface area contributed by atoms with E-state index in [9.17, 15) is 4.79 Å². The molecule has 5 heteroatoms. The third kappa shape index (κ3) is 3.80. The Morgan fingerprint density at radius 1 is 0.964 bits per heavy atom. The van der Waals surface area contributed by atoms with E-state index in [-0.39, 0.29) is 5.56 Å². The zero-order chi connectivity index (χ0) is 19.7. The molecule has 0 aliphatic carbocycles. The number of benzene rings is 1. The number of pyridine rings is 1. The van der Waals surface area contributed by atoms with E-state index in [1.54, 1.807) is 4.40 Å². The number of hydrogen-bond acceptors (Lipinski definition) is 4. The van der Waals surface area contributed by atoms with Crippen LogP contribution in [0, 0.1) is 20.8 Å². The quantitative estimate of drug-likeness (QED) is 0.702. The first-order valence-corrected chi connectivity index (χ1v) is 10.0. The number of aromatic nitrogens is 2. The molecule has 0 atom stereocenters. The predicted molar refractivity (Wildman–Crippen MR) is 114 cm³/mol. The Hall–Kier alpha value is -2.66. The average molecular weight is 377 g/mol. The van der Waals surface area contributed by atoms with Gasteiger partial charge in [-0.3, -0.25) is 14.1 Å². The van der Waals surface area contributed by atoms with Crippen molar-refractivity contribution in [2.45, 2.75) is 27.2 Å². The average Bonchev–Trinajstić information content (AvgIpc) is 2.69. The van der Waals surface area contributed by atoms with Crippen molar-refractivity contribution in [3.05, 3.63) is 75.3 Å². The van der Waals surface area contributed by atoms with Crippen molar-refractivity contribution in [2.75, 3.05) is 37.6 Å². The van der Waals surface area contributed by atoms with E-state index in [2.05, 4.69) is 46.0 Å². The molecular formula is C23H28N4O. The van der Waals surface area contributed by atoms with E-state index in [1.165, 1.54) is 11.3 Å². The van der Waals surface area contributed by atoms with Gasteiger partial charge in [-0.1, -0.05) is 18.2 Å². The van der Waals surface area contributed by atoms with Gasteiger partial charge in [-0.15, -0.1) is 0 Å². The number of aryl methyl sites for hydroxylation is 3. The molecule has 3 aromatic rings. The van der Waals surface area contributed by atoms with Gasteiger partial charge in [0.2, 0.25) is 0 Å². The van der Waals surface area contributed by atoms with E-state index in [0.717, 1.165) is 61.6 Å². The molecule has 0 saturated carbocycles. The van der Waals surface area contributed by atoms with Crippen molar-refractivity contribution < 1.29 is 0 Å². The van der Waals surface area contributed by atoms with Crippen molar-refractivity contribution in [1.82, 2.24) is 14.3 Å². The highest BCUT2D eigenvalue weighted by molar-refractivity contribution is 5.48. The molecule has 1 aliphatic rings. The second-order valence-corrected chi connectivity index (χ2v) is 7.83. The Kier molecular flexibility index (Phi) is 5.18. The number of anilines is 1. The summed E-state index contributed by atoms with van der Waals surface area (Å²) < 4.78 is 1.69. The van der Waals surface area contributed by atoms with Crippen LogP contribution in [0.1, 0.15) is 22.4 Å². The first-order valence-electron chi connectivity index (χ1n) is 10.0. The predicted octanol–water partition coefficient (Wildman–Crippen LogP) is 2.98. The topological polar surface area (TPSA) is 40.9 Å². The van der Waals surface area contributed by atoms with Crippen molar-refractivity contribution in [3.8, 4) is 0 Å². The molecule has 0 radical (unpaired) electrons. The summed E-state index contributed by atoms with van der Waals surface area (Å²) in [4.78, 5) is 22.5. The fourth-order valence-electron chi connectivity index (χ4n) is 4.00. The molecule has 0 N–H and O–H groups in total. The van der Waals surface area contributed by atoms with Gasteiger partial charge in [0.1, 0.15) is 5.65 Å². The molecule has 0 unspecified atom stereocenters. The molecular weight excluding hydrogens is 348 g/mol. The summed E-state index contributed by atoms with van der Waals surface area (Å²) in [5.41, 5.74) is 6.17. The van der Waals surface area contributed by atoms with E-state index >= 15 is 0 Å². The van der Waals surface area contributed by atoms with Crippen LogP contribution >= 0.6 is 0 Å². The summed E-state index contributed by atoms with van der Waals surface area (Å²) in [6, 6.07) is 12.6. The molecule has 0 amide bonds. The van der Waals surface area contributed by atoms with E-state index < -0.39 is 0 Å². The maximum atomic E-state index is 12.9. The summed E-state index contributed by atoms with van der Waals surface area (Å²) in [6.07, 6.45) is 2.63. The van der Waals surface area contributed by atoms with Crippen molar-refractivity contribution in [2.24, 2.45) is 0 Å². The summed E-state index contributed by atoms with van der Waals surface area (Å²) in [5, 5.41) is 0. The van der Waals surface area contributed by atoms with Crippen molar-refractivity contribution in [3.63, 3.8) is 0 Å². The largest absolute Gasteiger partial charge is 0.369 e. The summed E-state index contributed by atoms with van der Waals surface area (Å²) in [6.45, 7) is 11.1. The summed E-state index contributed by atoms with van der Waals surface area (Å²) in [7, 11) is 0. The summed E-state index contributed by atoms with van der Waals surface area (Å²) in [5.74, 6) is 0. The molecule has 1 saturated heterocycles. The SMILES string of the molecule is Cc1cccc(N2CCN(CCc3c(C)nc4ccc(C)cn4c3=O)CC2)c1. The lowest BCUT2D eigenvalue weighted by atomic mass is 10.1. The number of nitrogens with zero attached hydrogens (tertiary/aromatic N) is 4. The van der Waals surface area contributed by atoms with Crippen LogP contribution in [0.2, 0.25) is 0 Å². The number of fused-ring (bicyclic) bond motifs is 1. The standard InChI is InChI=1S/C23H28N4O/c1-17-5-4-6-20(15-17)26-13-11-25(12-14-26)10-9-21-19(3)24-22-8-7-18(2)16-27(22)23(21)28/h4-8,15-16H,9-14H2,1-3H3. The highest BCUT2D eigenvalue weighted by Gasteiger charge is 2.18. The Balaban J connectivity index is 1.42. The Morgan fingerprint density at radius 2 is 1.75 bits per heavy atom. The Morgan fingerprint density at radius 3 is 2.50 bits per heavy atom. The maximum Gasteiger partial charge on any atom is 0.261 e. The Bertz CT molecular complexity index is 1050. The van der Waals surface area contributed by atoms with Gasteiger partial charge in [-0.2, -0.15) is 0 Å². The Labute approximate surface area is 166 Å². The number of rotatable bonds is 4. The molecule has 0 bridgehead atoms. The third-order valence-corrected chi connectivity index (χ3v) is 5.69. The molecule has 1 aliphatic heterocycles. The molecule has 1 aromatic carbocycles. The molecule has 146 valence electrons. The van der Waals surface area contributed by atoms with Crippen molar-refractivity contribution in [1.29, 1.82) is 0 Å². The lowest BCUT2D eigenvalue weighted by molar-refractivity contribution is 0.260. The van der Waals surface area contributed by atoms with Gasteiger partial charge in [0.05, 0.1) is 0 Å². The van der Waals surface area contributed by atoms with Crippen LogP contribution in [-0.2, 0) is 6.42 Å². The lowest BCUT2D eigenvalue weighted by Crippen LogP contribution is -2.47. The first-order chi connectivity index (χ1) is 13.5. The highest BCUT2D eigenvalue weighted by Crippen LogP contribution is 2.18. The first kappa shape index (κ1) is 18.7. The lowest BCUT2D eigenvalue weighted by Gasteiger charge is -2.36. The van der Waals surface area contributed by atoms with Crippen LogP contribution in [0.15, 0.2) is 47.4 Å². The van der Waals surface area contributed by atoms with Gasteiger partial charge in [-0.25, -0.2) is 4.98 Å². The van der Waals surface area contributed by atoms with Gasteiger partial charge in [0.15, 0.2) is 0 Å². The van der Waals surface area contributed by atoms with Gasteiger partial charge in [0, 0.05) is 55.9 Å².